The van der Waals surface area contributed by atoms with Crippen molar-refractivity contribution in [2.75, 3.05) is 49.5 Å². The number of fused-ring (bicyclic) bond motifs is 2. The van der Waals surface area contributed by atoms with Gasteiger partial charge >= 0.3 is 0 Å². The molecule has 8 nitrogen and oxygen atoms in total. The van der Waals surface area contributed by atoms with Crippen molar-refractivity contribution in [1.82, 2.24) is 14.9 Å². The summed E-state index contributed by atoms with van der Waals surface area (Å²) in [6.07, 6.45) is 1.85. The highest BCUT2D eigenvalue weighted by Crippen LogP contribution is 2.46. The van der Waals surface area contributed by atoms with E-state index in [1.807, 2.05) is 4.90 Å². The van der Waals surface area contributed by atoms with Gasteiger partial charge in [-0.2, -0.15) is 0 Å². The Morgan fingerprint density at radius 2 is 1.91 bits per heavy atom. The first-order chi connectivity index (χ1) is 15.8. The van der Waals surface area contributed by atoms with Gasteiger partial charge in [-0.15, -0.1) is 0 Å². The number of amides is 1. The third-order valence-corrected chi connectivity index (χ3v) is 6.84. The largest absolute Gasteiger partial charge is 0.489 e. The quantitative estimate of drug-likeness (QED) is 0.685. The van der Waals surface area contributed by atoms with Crippen LogP contribution in [0.2, 0.25) is 0 Å². The summed E-state index contributed by atoms with van der Waals surface area (Å²) in [5, 5.41) is 12.7. The van der Waals surface area contributed by atoms with Gasteiger partial charge in [0.05, 0.1) is 36.5 Å². The van der Waals surface area contributed by atoms with Crippen LogP contribution in [-0.4, -0.2) is 70.8 Å². The maximum atomic E-state index is 13.2. The van der Waals surface area contributed by atoms with Crippen LogP contribution in [0, 0.1) is 0 Å². The second-order valence-electron chi connectivity index (χ2n) is 9.40. The van der Waals surface area contributed by atoms with Crippen LogP contribution in [0.25, 0.3) is 0 Å². The molecule has 1 aromatic carbocycles. The normalized spacial score (nSPS) is 21.1. The van der Waals surface area contributed by atoms with Crippen molar-refractivity contribution < 1.29 is 23.4 Å². The summed E-state index contributed by atoms with van der Waals surface area (Å²) in [7, 11) is 0. The summed E-state index contributed by atoms with van der Waals surface area (Å²) in [6, 6.07) is 4.45. The SMILES string of the molecule is CC1(O)CN(c2ncc(OCCN3CCC4(CC3)C(=O)Nc3ccc(C(F)F)cc34)cn2)C1. The van der Waals surface area contributed by atoms with Gasteiger partial charge in [0.15, 0.2) is 5.75 Å². The molecular formula is C23H27F2N5O3. The summed E-state index contributed by atoms with van der Waals surface area (Å²) in [5.41, 5.74) is -0.123. The third kappa shape index (κ3) is 4.13. The topological polar surface area (TPSA) is 90.8 Å². The third-order valence-electron chi connectivity index (χ3n) is 6.84. The number of halogens is 2. The van der Waals surface area contributed by atoms with E-state index in [4.69, 9.17) is 4.74 Å². The number of likely N-dealkylation sites (tertiary alicyclic amines) is 1. The molecule has 2 aromatic rings. The highest BCUT2D eigenvalue weighted by atomic mass is 19.3. The van der Waals surface area contributed by atoms with Crippen LogP contribution in [-0.2, 0) is 10.2 Å². The fraction of sp³-hybridized carbons (Fsp3) is 0.522. The lowest BCUT2D eigenvalue weighted by Crippen LogP contribution is -2.60. The molecule has 2 fully saturated rings. The Hall–Kier alpha value is -2.85. The van der Waals surface area contributed by atoms with Gasteiger partial charge in [-0.3, -0.25) is 9.69 Å². The van der Waals surface area contributed by atoms with Crippen molar-refractivity contribution in [3.63, 3.8) is 0 Å². The number of nitrogens with zero attached hydrogens (tertiary/aromatic N) is 4. The minimum atomic E-state index is -2.56. The van der Waals surface area contributed by atoms with Crippen LogP contribution in [0.3, 0.4) is 0 Å². The molecule has 2 N–H and O–H groups in total. The monoisotopic (exact) mass is 459 g/mol. The fourth-order valence-electron chi connectivity index (χ4n) is 4.98. The predicted octanol–water partition coefficient (Wildman–Crippen LogP) is 2.35. The Bertz CT molecular complexity index is 1030. The number of carbonyl (C=O) groups is 1. The second kappa shape index (κ2) is 8.18. The lowest BCUT2D eigenvalue weighted by molar-refractivity contribution is -0.122. The molecule has 0 atom stereocenters. The van der Waals surface area contributed by atoms with Crippen molar-refractivity contribution >= 4 is 17.5 Å². The molecule has 0 unspecified atom stereocenters. The number of piperidine rings is 1. The first-order valence-corrected chi connectivity index (χ1v) is 11.1. The van der Waals surface area contributed by atoms with Crippen LogP contribution in [0.15, 0.2) is 30.6 Å². The summed E-state index contributed by atoms with van der Waals surface area (Å²) < 4.78 is 32.2. The first kappa shape index (κ1) is 22.0. The number of alkyl halides is 2. The lowest BCUT2D eigenvalue weighted by atomic mass is 9.73. The van der Waals surface area contributed by atoms with E-state index in [0.29, 0.717) is 75.1 Å². The molecule has 1 spiro atoms. The number of aromatic nitrogens is 2. The van der Waals surface area contributed by atoms with Crippen molar-refractivity contribution in [2.24, 2.45) is 0 Å². The zero-order valence-corrected chi connectivity index (χ0v) is 18.4. The van der Waals surface area contributed by atoms with Crippen LogP contribution in [0.4, 0.5) is 20.4 Å². The van der Waals surface area contributed by atoms with Gasteiger partial charge in [-0.25, -0.2) is 18.7 Å². The van der Waals surface area contributed by atoms with Crippen molar-refractivity contribution in [3.8, 4) is 5.75 Å². The molecule has 3 aliphatic rings. The van der Waals surface area contributed by atoms with E-state index in [2.05, 4.69) is 20.2 Å². The van der Waals surface area contributed by atoms with E-state index in [1.54, 1.807) is 25.4 Å². The number of anilines is 2. The number of aliphatic hydroxyl groups is 1. The Kier molecular flexibility index (Phi) is 5.44. The van der Waals surface area contributed by atoms with E-state index >= 15 is 0 Å². The van der Waals surface area contributed by atoms with Crippen LogP contribution < -0.4 is 15.0 Å². The Balaban J connectivity index is 1.13. The lowest BCUT2D eigenvalue weighted by Gasteiger charge is -2.44. The maximum Gasteiger partial charge on any atom is 0.263 e. The molecule has 1 amide bonds. The molecular weight excluding hydrogens is 432 g/mol. The molecule has 0 radical (unpaired) electrons. The summed E-state index contributed by atoms with van der Waals surface area (Å²) in [4.78, 5) is 25.5. The van der Waals surface area contributed by atoms with Crippen LogP contribution in [0.5, 0.6) is 5.75 Å². The van der Waals surface area contributed by atoms with Gasteiger partial charge < -0.3 is 20.1 Å². The number of carbonyl (C=O) groups excluding carboxylic acids is 1. The molecule has 4 heterocycles. The molecule has 0 bridgehead atoms. The minimum absolute atomic E-state index is 0.0480. The molecule has 0 saturated carbocycles. The highest BCUT2D eigenvalue weighted by molar-refractivity contribution is 6.06. The molecule has 0 aliphatic carbocycles. The molecule has 176 valence electrons. The zero-order chi connectivity index (χ0) is 23.2. The first-order valence-electron chi connectivity index (χ1n) is 11.1. The minimum Gasteiger partial charge on any atom is -0.489 e. The molecule has 3 aliphatic heterocycles. The number of benzene rings is 1. The van der Waals surface area contributed by atoms with E-state index in [9.17, 15) is 18.7 Å². The number of rotatable bonds is 6. The van der Waals surface area contributed by atoms with Gasteiger partial charge in [0, 0.05) is 17.8 Å². The van der Waals surface area contributed by atoms with Crippen LogP contribution >= 0.6 is 0 Å². The summed E-state index contributed by atoms with van der Waals surface area (Å²) >= 11 is 0. The van der Waals surface area contributed by atoms with Crippen molar-refractivity contribution in [3.05, 3.63) is 41.7 Å². The van der Waals surface area contributed by atoms with E-state index in [-0.39, 0.29) is 11.5 Å². The molecule has 2 saturated heterocycles. The average molecular weight is 459 g/mol. The number of ether oxygens (including phenoxy) is 1. The predicted molar refractivity (Wildman–Crippen MR) is 118 cm³/mol. The van der Waals surface area contributed by atoms with Crippen LogP contribution in [0.1, 0.15) is 37.3 Å². The van der Waals surface area contributed by atoms with Gasteiger partial charge in [0.2, 0.25) is 11.9 Å². The molecule has 10 heteroatoms. The summed E-state index contributed by atoms with van der Waals surface area (Å²) in [6.45, 7) is 5.29. The Labute approximate surface area is 190 Å². The fourth-order valence-corrected chi connectivity index (χ4v) is 4.98. The van der Waals surface area contributed by atoms with E-state index in [1.165, 1.54) is 12.1 Å². The number of hydrogen-bond acceptors (Lipinski definition) is 7. The molecule has 5 rings (SSSR count). The van der Waals surface area contributed by atoms with E-state index < -0.39 is 17.4 Å². The maximum absolute atomic E-state index is 13.2. The van der Waals surface area contributed by atoms with Gasteiger partial charge in [-0.1, -0.05) is 6.07 Å². The van der Waals surface area contributed by atoms with Gasteiger partial charge in [0.1, 0.15) is 6.61 Å². The zero-order valence-electron chi connectivity index (χ0n) is 18.4. The molecule has 1 aromatic heterocycles. The van der Waals surface area contributed by atoms with Crippen molar-refractivity contribution in [1.29, 1.82) is 0 Å². The second-order valence-corrected chi connectivity index (χ2v) is 9.40. The van der Waals surface area contributed by atoms with E-state index in [0.717, 1.165) is 0 Å². The number of nitrogens with one attached hydrogen (secondary N) is 1. The van der Waals surface area contributed by atoms with Crippen molar-refractivity contribution in [2.45, 2.75) is 37.2 Å². The highest BCUT2D eigenvalue weighted by Gasteiger charge is 2.48. The van der Waals surface area contributed by atoms with Gasteiger partial charge in [0.25, 0.3) is 6.43 Å². The molecule has 33 heavy (non-hydrogen) atoms. The Morgan fingerprint density at radius 1 is 1.21 bits per heavy atom. The Morgan fingerprint density at radius 3 is 2.55 bits per heavy atom. The van der Waals surface area contributed by atoms with Gasteiger partial charge in [-0.05, 0) is 50.6 Å². The summed E-state index contributed by atoms with van der Waals surface area (Å²) in [5.74, 6) is 1.05. The number of hydrogen-bond donors (Lipinski definition) is 2. The standard InChI is InChI=1S/C23H27F2N5O3/c1-22(32)13-30(14-22)21-26-11-16(12-27-21)33-9-8-29-6-4-23(5-7-29)17-10-15(19(24)25)2-3-18(17)28-20(23)31/h2-3,10-12,19,32H,4-9,13-14H2,1H3,(H,28,31). The number of β-amino-alcohol motifs (C(OH)–C–C–N with tert-alkyl or cyclic N) is 1. The smallest absolute Gasteiger partial charge is 0.263 e. The average Bonchev–Trinajstić information content (AvgIpc) is 3.04.